The van der Waals surface area contributed by atoms with Gasteiger partial charge in [0.2, 0.25) is 0 Å². The van der Waals surface area contributed by atoms with E-state index in [0.29, 0.717) is 6.10 Å². The van der Waals surface area contributed by atoms with E-state index in [4.69, 9.17) is 4.74 Å². The van der Waals surface area contributed by atoms with Gasteiger partial charge >= 0.3 is 0 Å². The monoisotopic (exact) mass is 150 g/mol. The van der Waals surface area contributed by atoms with Crippen molar-refractivity contribution in [3.8, 4) is 0 Å². The van der Waals surface area contributed by atoms with Gasteiger partial charge in [0.15, 0.2) is 0 Å². The molecule has 1 aromatic rings. The molecular formula is C8H10N2O. The normalized spacial score (nSPS) is 27.1. The summed E-state index contributed by atoms with van der Waals surface area (Å²) in [6.45, 7) is 0.872. The van der Waals surface area contributed by atoms with Crippen molar-refractivity contribution < 1.29 is 4.74 Å². The highest BCUT2D eigenvalue weighted by molar-refractivity contribution is 5.32. The molecular weight excluding hydrogens is 140 g/mol. The number of rotatable bonds is 1. The first-order valence-electron chi connectivity index (χ1n) is 4.13. The molecule has 1 aromatic heterocycles. The predicted octanol–water partition coefficient (Wildman–Crippen LogP) is 0.970. The van der Waals surface area contributed by atoms with Crippen molar-refractivity contribution in [3.63, 3.8) is 0 Å². The Morgan fingerprint density at radius 2 is 2.36 bits per heavy atom. The summed E-state index contributed by atoms with van der Waals surface area (Å²) in [6, 6.07) is 0. The Labute approximate surface area is 64.8 Å². The molecule has 1 N–H and O–H groups in total. The standard InChI is InChI=1S/C8H10N2O/c1-2-5-6(3-1)9-10-8(5)7-4-11-7/h7H,1-4H2,(H,9,10). The zero-order chi connectivity index (χ0) is 7.26. The third-order valence-corrected chi connectivity index (χ3v) is 2.48. The van der Waals surface area contributed by atoms with Crippen LogP contribution in [0.3, 0.4) is 0 Å². The minimum Gasteiger partial charge on any atom is -0.366 e. The van der Waals surface area contributed by atoms with Crippen LogP contribution in [-0.4, -0.2) is 16.8 Å². The van der Waals surface area contributed by atoms with Crippen molar-refractivity contribution >= 4 is 0 Å². The Hall–Kier alpha value is -0.830. The minimum absolute atomic E-state index is 0.327. The van der Waals surface area contributed by atoms with E-state index < -0.39 is 0 Å². The van der Waals surface area contributed by atoms with Crippen LogP contribution in [0.2, 0.25) is 0 Å². The number of aromatic nitrogens is 2. The van der Waals surface area contributed by atoms with Crippen LogP contribution in [0.25, 0.3) is 0 Å². The number of H-pyrrole nitrogens is 1. The van der Waals surface area contributed by atoms with Crippen molar-refractivity contribution in [2.75, 3.05) is 6.61 Å². The maximum absolute atomic E-state index is 5.20. The molecule has 11 heavy (non-hydrogen) atoms. The first-order chi connectivity index (χ1) is 5.45. The van der Waals surface area contributed by atoms with Crippen LogP contribution in [0.4, 0.5) is 0 Å². The molecule has 58 valence electrons. The van der Waals surface area contributed by atoms with E-state index >= 15 is 0 Å². The third-order valence-electron chi connectivity index (χ3n) is 2.48. The fraction of sp³-hybridized carbons (Fsp3) is 0.625. The summed E-state index contributed by atoms with van der Waals surface area (Å²) in [5.41, 5.74) is 3.96. The molecule has 0 saturated carbocycles. The Bertz CT molecular complexity index is 288. The molecule has 2 heterocycles. The van der Waals surface area contributed by atoms with Gasteiger partial charge in [0.25, 0.3) is 0 Å². The fourth-order valence-corrected chi connectivity index (χ4v) is 1.82. The van der Waals surface area contributed by atoms with Crippen molar-refractivity contribution in [3.05, 3.63) is 17.0 Å². The number of epoxide rings is 1. The van der Waals surface area contributed by atoms with Gasteiger partial charge < -0.3 is 4.74 Å². The number of aryl methyl sites for hydroxylation is 1. The Kier molecular flexibility index (Phi) is 0.973. The van der Waals surface area contributed by atoms with Crippen molar-refractivity contribution in [1.82, 2.24) is 10.2 Å². The number of nitrogens with one attached hydrogen (secondary N) is 1. The molecule has 2 aliphatic rings. The lowest BCUT2D eigenvalue weighted by Crippen LogP contribution is -1.86. The summed E-state index contributed by atoms with van der Waals surface area (Å²) in [4.78, 5) is 0. The number of fused-ring (bicyclic) bond motifs is 1. The van der Waals surface area contributed by atoms with Gasteiger partial charge in [0, 0.05) is 5.69 Å². The molecule has 1 aliphatic heterocycles. The van der Waals surface area contributed by atoms with Gasteiger partial charge in [-0.15, -0.1) is 0 Å². The molecule has 0 aromatic carbocycles. The predicted molar refractivity (Wildman–Crippen MR) is 39.3 cm³/mol. The Morgan fingerprint density at radius 3 is 3.18 bits per heavy atom. The zero-order valence-corrected chi connectivity index (χ0v) is 6.26. The second kappa shape index (κ2) is 1.85. The molecule has 0 radical (unpaired) electrons. The molecule has 1 unspecified atom stereocenters. The van der Waals surface area contributed by atoms with Gasteiger partial charge in [-0.05, 0) is 24.8 Å². The van der Waals surface area contributed by atoms with Crippen LogP contribution >= 0.6 is 0 Å². The van der Waals surface area contributed by atoms with Crippen LogP contribution in [0.5, 0.6) is 0 Å². The molecule has 0 bridgehead atoms. The second-order valence-corrected chi connectivity index (χ2v) is 3.24. The molecule has 0 spiro atoms. The van der Waals surface area contributed by atoms with Crippen LogP contribution in [0, 0.1) is 0 Å². The number of ether oxygens (including phenoxy) is 1. The summed E-state index contributed by atoms with van der Waals surface area (Å²) in [7, 11) is 0. The number of hydrogen-bond donors (Lipinski definition) is 1. The van der Waals surface area contributed by atoms with Crippen LogP contribution < -0.4 is 0 Å². The van der Waals surface area contributed by atoms with E-state index in [0.717, 1.165) is 6.61 Å². The van der Waals surface area contributed by atoms with E-state index in [-0.39, 0.29) is 0 Å². The zero-order valence-electron chi connectivity index (χ0n) is 6.26. The molecule has 3 heteroatoms. The lowest BCUT2D eigenvalue weighted by atomic mass is 10.1. The van der Waals surface area contributed by atoms with Gasteiger partial charge in [0.05, 0.1) is 12.3 Å². The van der Waals surface area contributed by atoms with E-state index in [1.165, 1.54) is 36.2 Å². The summed E-state index contributed by atoms with van der Waals surface area (Å²) in [6.07, 6.45) is 3.98. The van der Waals surface area contributed by atoms with Gasteiger partial charge in [-0.1, -0.05) is 0 Å². The molecule has 1 atom stereocenters. The molecule has 1 aliphatic carbocycles. The highest BCUT2D eigenvalue weighted by Gasteiger charge is 2.32. The quantitative estimate of drug-likeness (QED) is 0.606. The third kappa shape index (κ3) is 0.744. The molecule has 1 fully saturated rings. The number of aromatic amines is 1. The SMILES string of the molecule is C1Cc2[nH]nc(C3CO3)c2C1. The Morgan fingerprint density at radius 1 is 1.45 bits per heavy atom. The van der Waals surface area contributed by atoms with Gasteiger partial charge in [-0.25, -0.2) is 0 Å². The fourth-order valence-electron chi connectivity index (χ4n) is 1.82. The topological polar surface area (TPSA) is 41.2 Å². The van der Waals surface area contributed by atoms with Crippen LogP contribution in [0.15, 0.2) is 0 Å². The highest BCUT2D eigenvalue weighted by atomic mass is 16.6. The average molecular weight is 150 g/mol. The maximum Gasteiger partial charge on any atom is 0.125 e. The van der Waals surface area contributed by atoms with E-state index in [9.17, 15) is 0 Å². The molecule has 3 rings (SSSR count). The largest absolute Gasteiger partial charge is 0.366 e. The molecule has 1 saturated heterocycles. The highest BCUT2D eigenvalue weighted by Crippen LogP contribution is 2.34. The number of hydrogen-bond acceptors (Lipinski definition) is 2. The smallest absolute Gasteiger partial charge is 0.125 e. The summed E-state index contributed by atoms with van der Waals surface area (Å²) in [5.74, 6) is 0. The molecule has 0 amide bonds. The first kappa shape index (κ1) is 5.77. The lowest BCUT2D eigenvalue weighted by Gasteiger charge is -1.90. The van der Waals surface area contributed by atoms with Crippen molar-refractivity contribution in [1.29, 1.82) is 0 Å². The minimum atomic E-state index is 0.327. The van der Waals surface area contributed by atoms with Gasteiger partial charge in [-0.2, -0.15) is 5.10 Å². The Balaban J connectivity index is 2.09. The molecule has 3 nitrogen and oxygen atoms in total. The van der Waals surface area contributed by atoms with E-state index in [1.54, 1.807) is 0 Å². The van der Waals surface area contributed by atoms with E-state index in [2.05, 4.69) is 10.2 Å². The summed E-state index contributed by atoms with van der Waals surface area (Å²) < 4.78 is 5.20. The maximum atomic E-state index is 5.20. The van der Waals surface area contributed by atoms with Crippen LogP contribution in [-0.2, 0) is 17.6 Å². The average Bonchev–Trinajstić information content (AvgIpc) is 2.63. The van der Waals surface area contributed by atoms with Crippen molar-refractivity contribution in [2.24, 2.45) is 0 Å². The van der Waals surface area contributed by atoms with Gasteiger partial charge in [-0.3, -0.25) is 5.10 Å². The first-order valence-corrected chi connectivity index (χ1v) is 4.13. The van der Waals surface area contributed by atoms with Crippen LogP contribution in [0.1, 0.15) is 29.5 Å². The van der Waals surface area contributed by atoms with Crippen molar-refractivity contribution in [2.45, 2.75) is 25.4 Å². The second-order valence-electron chi connectivity index (χ2n) is 3.24. The lowest BCUT2D eigenvalue weighted by molar-refractivity contribution is 0.410. The summed E-state index contributed by atoms with van der Waals surface area (Å²) in [5, 5.41) is 7.33. The van der Waals surface area contributed by atoms with Gasteiger partial charge in [0.1, 0.15) is 6.10 Å². The number of nitrogens with zero attached hydrogens (tertiary/aromatic N) is 1. The summed E-state index contributed by atoms with van der Waals surface area (Å²) >= 11 is 0. The van der Waals surface area contributed by atoms with E-state index in [1.807, 2.05) is 0 Å².